The van der Waals surface area contributed by atoms with Gasteiger partial charge in [0.1, 0.15) is 23.9 Å². The number of nitrogens with zero attached hydrogens (tertiary/aromatic N) is 3. The average molecular weight is 188 g/mol. The van der Waals surface area contributed by atoms with Crippen molar-refractivity contribution >= 4 is 5.82 Å². The van der Waals surface area contributed by atoms with Gasteiger partial charge < -0.3 is 5.32 Å². The average Bonchev–Trinajstić information content (AvgIpc) is 2.18. The lowest BCUT2D eigenvalue weighted by Crippen LogP contribution is -2.04. The van der Waals surface area contributed by atoms with E-state index in [0.717, 1.165) is 18.5 Å². The summed E-state index contributed by atoms with van der Waals surface area (Å²) in [6.45, 7) is 6.54. The van der Waals surface area contributed by atoms with Crippen LogP contribution < -0.4 is 5.32 Å². The lowest BCUT2D eigenvalue weighted by atomic mass is 10.2. The first-order valence-electron chi connectivity index (χ1n) is 4.33. The minimum absolute atomic E-state index is 0.373. The third-order valence-electron chi connectivity index (χ3n) is 1.64. The van der Waals surface area contributed by atoms with E-state index < -0.39 is 0 Å². The zero-order valence-corrected chi connectivity index (χ0v) is 8.12. The molecule has 4 nitrogen and oxygen atoms in total. The molecule has 0 amide bonds. The molecule has 1 aromatic heterocycles. The molecule has 0 radical (unpaired) electrons. The molecule has 0 fully saturated rings. The van der Waals surface area contributed by atoms with Crippen LogP contribution in [0.1, 0.15) is 19.0 Å². The Morgan fingerprint density at radius 3 is 3.07 bits per heavy atom. The normalized spacial score (nSPS) is 9.14. The van der Waals surface area contributed by atoms with Crippen LogP contribution in [0.2, 0.25) is 0 Å². The van der Waals surface area contributed by atoms with E-state index in [1.165, 1.54) is 6.33 Å². The highest BCUT2D eigenvalue weighted by atomic mass is 15.0. The SMILES string of the molecule is C=C(C)CCNc1cc(C#N)ncn1. The fraction of sp³-hybridized carbons (Fsp3) is 0.300. The maximum absolute atomic E-state index is 8.59. The van der Waals surface area contributed by atoms with Gasteiger partial charge in [0.15, 0.2) is 0 Å². The molecule has 0 unspecified atom stereocenters. The molecule has 72 valence electrons. The molecule has 1 heterocycles. The van der Waals surface area contributed by atoms with Crippen LogP contribution in [0.15, 0.2) is 24.5 Å². The summed E-state index contributed by atoms with van der Waals surface area (Å²) >= 11 is 0. The van der Waals surface area contributed by atoms with Gasteiger partial charge in [-0.3, -0.25) is 0 Å². The Balaban J connectivity index is 2.51. The van der Waals surface area contributed by atoms with Gasteiger partial charge in [-0.25, -0.2) is 9.97 Å². The van der Waals surface area contributed by atoms with Crippen LogP contribution in [-0.2, 0) is 0 Å². The van der Waals surface area contributed by atoms with Crippen LogP contribution in [0.4, 0.5) is 5.82 Å². The van der Waals surface area contributed by atoms with Gasteiger partial charge in [-0.15, -0.1) is 6.58 Å². The molecule has 1 rings (SSSR count). The number of nitriles is 1. The van der Waals surface area contributed by atoms with Crippen LogP contribution in [0, 0.1) is 11.3 Å². The van der Waals surface area contributed by atoms with Gasteiger partial charge in [0.2, 0.25) is 0 Å². The standard InChI is InChI=1S/C10H12N4/c1-8(2)3-4-12-10-5-9(6-11)13-7-14-10/h5,7H,1,3-4H2,2H3,(H,12,13,14). The monoisotopic (exact) mass is 188 g/mol. The smallest absolute Gasteiger partial charge is 0.145 e. The molecule has 0 saturated heterocycles. The van der Waals surface area contributed by atoms with Crippen molar-refractivity contribution < 1.29 is 0 Å². The summed E-state index contributed by atoms with van der Waals surface area (Å²) < 4.78 is 0. The van der Waals surface area contributed by atoms with E-state index in [9.17, 15) is 0 Å². The third kappa shape index (κ3) is 3.23. The van der Waals surface area contributed by atoms with E-state index >= 15 is 0 Å². The predicted octanol–water partition coefficient (Wildman–Crippen LogP) is 1.73. The summed E-state index contributed by atoms with van der Waals surface area (Å²) in [6.07, 6.45) is 2.27. The van der Waals surface area contributed by atoms with Crippen molar-refractivity contribution in [1.29, 1.82) is 5.26 Å². The molecule has 0 aromatic carbocycles. The van der Waals surface area contributed by atoms with Gasteiger partial charge >= 0.3 is 0 Å². The molecule has 0 aliphatic rings. The minimum Gasteiger partial charge on any atom is -0.370 e. The van der Waals surface area contributed by atoms with Gasteiger partial charge in [0.05, 0.1) is 0 Å². The number of rotatable bonds is 4. The van der Waals surface area contributed by atoms with Gasteiger partial charge in [0.25, 0.3) is 0 Å². The number of hydrogen-bond donors (Lipinski definition) is 1. The molecule has 0 saturated carbocycles. The fourth-order valence-corrected chi connectivity index (χ4v) is 0.919. The lowest BCUT2D eigenvalue weighted by molar-refractivity contribution is 0.983. The summed E-state index contributed by atoms with van der Waals surface area (Å²) in [6, 6.07) is 3.58. The van der Waals surface area contributed by atoms with Gasteiger partial charge in [-0.1, -0.05) is 5.57 Å². The molecule has 0 bridgehead atoms. The third-order valence-corrected chi connectivity index (χ3v) is 1.64. The summed E-state index contributed by atoms with van der Waals surface area (Å²) in [5.41, 5.74) is 1.49. The predicted molar refractivity (Wildman–Crippen MR) is 54.7 cm³/mol. The van der Waals surface area contributed by atoms with Crippen molar-refractivity contribution in [3.8, 4) is 6.07 Å². The molecule has 4 heteroatoms. The van der Waals surface area contributed by atoms with E-state index in [0.29, 0.717) is 11.5 Å². The number of aromatic nitrogens is 2. The van der Waals surface area contributed by atoms with E-state index in [1.54, 1.807) is 6.07 Å². The Labute approximate surface area is 83.3 Å². The van der Waals surface area contributed by atoms with Crippen molar-refractivity contribution in [2.45, 2.75) is 13.3 Å². The molecular formula is C10H12N4. The molecular weight excluding hydrogens is 176 g/mol. The van der Waals surface area contributed by atoms with E-state index in [2.05, 4.69) is 21.9 Å². The molecule has 1 N–H and O–H groups in total. The molecule has 0 spiro atoms. The van der Waals surface area contributed by atoms with Crippen molar-refractivity contribution in [3.05, 3.63) is 30.2 Å². The van der Waals surface area contributed by atoms with Crippen LogP contribution in [0.25, 0.3) is 0 Å². The highest BCUT2D eigenvalue weighted by molar-refractivity contribution is 5.38. The topological polar surface area (TPSA) is 61.6 Å². The first-order chi connectivity index (χ1) is 6.72. The Morgan fingerprint density at radius 1 is 1.64 bits per heavy atom. The molecule has 0 atom stereocenters. The second kappa shape index (κ2) is 4.97. The Morgan fingerprint density at radius 2 is 2.43 bits per heavy atom. The first kappa shape index (κ1) is 10.2. The second-order valence-electron chi connectivity index (χ2n) is 3.03. The van der Waals surface area contributed by atoms with Crippen molar-refractivity contribution in [2.75, 3.05) is 11.9 Å². The summed E-state index contributed by atoms with van der Waals surface area (Å²) in [7, 11) is 0. The van der Waals surface area contributed by atoms with Crippen LogP contribution >= 0.6 is 0 Å². The molecule has 0 aliphatic heterocycles. The van der Waals surface area contributed by atoms with Crippen LogP contribution in [-0.4, -0.2) is 16.5 Å². The van der Waals surface area contributed by atoms with E-state index in [4.69, 9.17) is 5.26 Å². The zero-order chi connectivity index (χ0) is 10.4. The van der Waals surface area contributed by atoms with Gasteiger partial charge in [-0.05, 0) is 13.3 Å². The van der Waals surface area contributed by atoms with Crippen LogP contribution in [0.5, 0.6) is 0 Å². The zero-order valence-electron chi connectivity index (χ0n) is 8.12. The Hall–Kier alpha value is -1.89. The lowest BCUT2D eigenvalue weighted by Gasteiger charge is -2.04. The molecule has 0 aliphatic carbocycles. The van der Waals surface area contributed by atoms with Crippen molar-refractivity contribution in [1.82, 2.24) is 9.97 Å². The van der Waals surface area contributed by atoms with Gasteiger partial charge in [0, 0.05) is 12.6 Å². The number of nitrogens with one attached hydrogen (secondary N) is 1. The Kier molecular flexibility index (Phi) is 3.62. The maximum atomic E-state index is 8.59. The largest absolute Gasteiger partial charge is 0.370 e. The first-order valence-corrected chi connectivity index (χ1v) is 4.33. The molecule has 14 heavy (non-hydrogen) atoms. The van der Waals surface area contributed by atoms with Crippen molar-refractivity contribution in [3.63, 3.8) is 0 Å². The summed E-state index contributed by atoms with van der Waals surface area (Å²) in [4.78, 5) is 7.75. The second-order valence-corrected chi connectivity index (χ2v) is 3.03. The highest BCUT2D eigenvalue weighted by Gasteiger charge is 1.96. The van der Waals surface area contributed by atoms with Crippen LogP contribution in [0.3, 0.4) is 0 Å². The quantitative estimate of drug-likeness (QED) is 0.731. The van der Waals surface area contributed by atoms with Gasteiger partial charge in [-0.2, -0.15) is 5.26 Å². The Bertz CT molecular complexity index is 365. The summed E-state index contributed by atoms with van der Waals surface area (Å²) in [5.74, 6) is 0.679. The van der Waals surface area contributed by atoms with Crippen molar-refractivity contribution in [2.24, 2.45) is 0 Å². The summed E-state index contributed by atoms with van der Waals surface area (Å²) in [5, 5.41) is 11.7. The van der Waals surface area contributed by atoms with E-state index in [1.807, 2.05) is 13.0 Å². The minimum atomic E-state index is 0.373. The molecule has 1 aromatic rings. The fourth-order valence-electron chi connectivity index (χ4n) is 0.919. The van der Waals surface area contributed by atoms with E-state index in [-0.39, 0.29) is 0 Å². The number of hydrogen-bond acceptors (Lipinski definition) is 4. The number of anilines is 1. The maximum Gasteiger partial charge on any atom is 0.145 e. The highest BCUT2D eigenvalue weighted by Crippen LogP contribution is 2.03.